The molecule has 0 amide bonds. The second-order valence-electron chi connectivity index (χ2n) is 28.2. The summed E-state index contributed by atoms with van der Waals surface area (Å²) in [6, 6.07) is 141. The number of benzene rings is 16. The summed E-state index contributed by atoms with van der Waals surface area (Å²) < 4.78 is 9.04. The first-order chi connectivity index (χ1) is 55.5. The van der Waals surface area contributed by atoms with Crippen LogP contribution < -0.4 is 0 Å². The van der Waals surface area contributed by atoms with Crippen molar-refractivity contribution in [2.45, 2.75) is 0 Å². The molecule has 16 aromatic carbocycles. The molecule has 0 unspecified atom stereocenters. The van der Waals surface area contributed by atoms with Crippen LogP contribution in [0.5, 0.6) is 0 Å². The Labute approximate surface area is 645 Å². The summed E-state index contributed by atoms with van der Waals surface area (Å²) in [6.45, 7) is 0. The number of para-hydroxylation sites is 8. The largest absolute Gasteiger partial charge is 0.309 e. The van der Waals surface area contributed by atoms with Crippen LogP contribution in [0.25, 0.3) is 201 Å². The average Bonchev–Trinajstić information content (AvgIpc) is 1.60. The number of nitrogens with zero attached hydrogens (tertiary/aromatic N) is 10. The van der Waals surface area contributed by atoms with Crippen LogP contribution in [0.2, 0.25) is 0 Å². The van der Waals surface area contributed by atoms with Crippen LogP contribution in [0.4, 0.5) is 0 Å². The Morgan fingerprint density at radius 3 is 0.652 bits per heavy atom. The van der Waals surface area contributed by atoms with E-state index in [1.54, 1.807) is 0 Å². The number of aromatic nitrogens is 10. The van der Waals surface area contributed by atoms with E-state index >= 15 is 0 Å². The van der Waals surface area contributed by atoms with Gasteiger partial charge in [-0.25, -0.2) is 9.97 Å². The fraction of sp³-hybridized carbons (Fsp3) is 0. The van der Waals surface area contributed by atoms with Gasteiger partial charge in [0.2, 0.25) is 11.9 Å². The first-order valence-electron chi connectivity index (χ1n) is 37.7. The maximum atomic E-state index is 5.20. The molecule has 0 aliphatic rings. The molecular weight excluding hydrogens is 1370 g/mol. The van der Waals surface area contributed by atoms with Crippen molar-refractivity contribution in [1.29, 1.82) is 0 Å². The average molecular weight is 1430 g/mol. The van der Waals surface area contributed by atoms with Gasteiger partial charge in [0.1, 0.15) is 0 Å². The zero-order chi connectivity index (χ0) is 74.0. The summed E-state index contributed by atoms with van der Waals surface area (Å²) in [5.74, 6) is 3.63. The smallest absolute Gasteiger partial charge is 0.238 e. The highest BCUT2D eigenvalue weighted by Gasteiger charge is 2.22. The first-order valence-corrected chi connectivity index (χ1v) is 37.7. The van der Waals surface area contributed by atoms with Crippen LogP contribution >= 0.6 is 0 Å². The predicted molar refractivity (Wildman–Crippen MR) is 460 cm³/mol. The minimum atomic E-state index is 0.579. The van der Waals surface area contributed by atoms with E-state index in [2.05, 4.69) is 407 Å². The van der Waals surface area contributed by atoms with Gasteiger partial charge in [0.05, 0.1) is 44.1 Å². The Bertz CT molecular complexity index is 7150. The molecule has 524 valence electrons. The molecule has 22 rings (SSSR count). The highest BCUT2D eigenvalue weighted by atomic mass is 15.2. The van der Waals surface area contributed by atoms with Crippen LogP contribution in [0.3, 0.4) is 0 Å². The number of hydrogen-bond acceptors (Lipinski definition) is 6. The summed E-state index contributed by atoms with van der Waals surface area (Å²) in [5, 5.41) is 9.64. The van der Waals surface area contributed by atoms with E-state index in [0.717, 1.165) is 116 Å². The minimum absolute atomic E-state index is 0.579. The molecular formula is C102H66N10. The molecule has 0 N–H and O–H groups in total. The van der Waals surface area contributed by atoms with Crippen molar-refractivity contribution in [3.05, 3.63) is 400 Å². The zero-order valence-corrected chi connectivity index (χ0v) is 60.6. The molecule has 6 heterocycles. The topological polar surface area (TPSA) is 97.1 Å². The van der Waals surface area contributed by atoms with E-state index < -0.39 is 0 Å². The maximum absolute atomic E-state index is 5.20. The lowest BCUT2D eigenvalue weighted by atomic mass is 10.0. The molecule has 0 atom stereocenters. The lowest BCUT2D eigenvalue weighted by molar-refractivity contribution is 0.953. The molecule has 22 aromatic rings. The van der Waals surface area contributed by atoms with Crippen LogP contribution in [0.1, 0.15) is 0 Å². The monoisotopic (exact) mass is 1430 g/mol. The molecule has 10 nitrogen and oxygen atoms in total. The zero-order valence-electron chi connectivity index (χ0n) is 60.6. The molecule has 10 heteroatoms. The SMILES string of the molecule is c1ccc(-c2ccc(-c3nc(-c4ccc(-c5cccc(-n6c7ccccc7c7ccccc76)c5)cc4)nc(-n4c5ccccc5c5ccccc54)n3)cc2)cc1.c1ccc(-c2cccc(-c3nc(-c4ccc(-c5cccc(-n6c7ccccc7c7ccccc76)c5)cc4)nc(-n4c5ccccc5c5ccccc54)n3)c2)cc1. The maximum Gasteiger partial charge on any atom is 0.238 e. The van der Waals surface area contributed by atoms with Crippen molar-refractivity contribution in [2.75, 3.05) is 0 Å². The van der Waals surface area contributed by atoms with Gasteiger partial charge in [-0.2, -0.15) is 19.9 Å². The Morgan fingerprint density at radius 2 is 0.339 bits per heavy atom. The van der Waals surface area contributed by atoms with E-state index in [1.165, 1.54) is 49.2 Å². The summed E-state index contributed by atoms with van der Waals surface area (Å²) in [5.41, 5.74) is 24.0. The normalized spacial score (nSPS) is 11.6. The Balaban J connectivity index is 0.000000141. The van der Waals surface area contributed by atoms with E-state index in [9.17, 15) is 0 Å². The third kappa shape index (κ3) is 11.5. The second-order valence-corrected chi connectivity index (χ2v) is 28.2. The minimum Gasteiger partial charge on any atom is -0.309 e. The van der Waals surface area contributed by atoms with Gasteiger partial charge in [-0.05, 0) is 123 Å². The summed E-state index contributed by atoms with van der Waals surface area (Å²) in [6.07, 6.45) is 0. The van der Waals surface area contributed by atoms with E-state index in [1.807, 2.05) is 12.1 Å². The molecule has 0 aliphatic heterocycles. The van der Waals surface area contributed by atoms with Crippen LogP contribution in [0, 0.1) is 0 Å². The number of hydrogen-bond donors (Lipinski definition) is 0. The third-order valence-electron chi connectivity index (χ3n) is 21.6. The predicted octanol–water partition coefficient (Wildman–Crippen LogP) is 25.5. The van der Waals surface area contributed by atoms with E-state index in [-0.39, 0.29) is 0 Å². The van der Waals surface area contributed by atoms with Crippen molar-refractivity contribution < 1.29 is 0 Å². The van der Waals surface area contributed by atoms with E-state index in [4.69, 9.17) is 29.9 Å². The van der Waals surface area contributed by atoms with E-state index in [0.29, 0.717) is 35.2 Å². The van der Waals surface area contributed by atoms with Gasteiger partial charge in [0.15, 0.2) is 23.3 Å². The Hall–Kier alpha value is -15.3. The first kappa shape index (κ1) is 65.1. The van der Waals surface area contributed by atoms with Crippen molar-refractivity contribution >= 4 is 87.2 Å². The van der Waals surface area contributed by atoms with Crippen molar-refractivity contribution in [3.8, 4) is 113 Å². The second kappa shape index (κ2) is 27.5. The molecule has 0 aliphatic carbocycles. The number of fused-ring (bicyclic) bond motifs is 12. The van der Waals surface area contributed by atoms with Crippen molar-refractivity contribution in [3.63, 3.8) is 0 Å². The van der Waals surface area contributed by atoms with Gasteiger partial charge in [-0.15, -0.1) is 0 Å². The van der Waals surface area contributed by atoms with Crippen LogP contribution in [0.15, 0.2) is 400 Å². The summed E-state index contributed by atoms with van der Waals surface area (Å²) >= 11 is 0. The van der Waals surface area contributed by atoms with Crippen LogP contribution in [-0.4, -0.2) is 48.2 Å². The Kier molecular flexibility index (Phi) is 16.0. The fourth-order valence-corrected chi connectivity index (χ4v) is 16.3. The quantitative estimate of drug-likeness (QED) is 0.121. The number of rotatable bonds is 12. The standard InChI is InChI=1S/2C51H33N5/c1-2-14-34(15-3-1)37-16-12-18-39(32-37)50-52-49(53-51(54-50)56-47-26-10-6-22-43(47)44-23-7-11-27-48(44)56)36-30-28-35(29-31-36)38-17-13-19-40(33-38)55-45-24-8-4-20-41(45)42-21-5-9-25-46(42)55;1-2-13-34(14-3-1)35-25-29-37(30-26-35)49-52-50(54-51(53-49)56-47-23-10-6-19-43(47)44-20-7-11-24-48(44)56)38-31-27-36(28-32-38)39-15-12-16-40(33-39)55-45-21-8-4-17-41(45)42-18-5-9-22-46(42)55/h2*1-33H. The van der Waals surface area contributed by atoms with Gasteiger partial charge in [0, 0.05) is 76.7 Å². The summed E-state index contributed by atoms with van der Waals surface area (Å²) in [7, 11) is 0. The highest BCUT2D eigenvalue weighted by Crippen LogP contribution is 2.40. The molecule has 0 bridgehead atoms. The van der Waals surface area contributed by atoms with Gasteiger partial charge in [0.25, 0.3) is 0 Å². The van der Waals surface area contributed by atoms with Gasteiger partial charge in [-0.1, -0.05) is 322 Å². The van der Waals surface area contributed by atoms with Crippen molar-refractivity contribution in [1.82, 2.24) is 48.2 Å². The molecule has 0 saturated heterocycles. The van der Waals surface area contributed by atoms with Crippen LogP contribution in [-0.2, 0) is 0 Å². The molecule has 112 heavy (non-hydrogen) atoms. The Morgan fingerprint density at radius 1 is 0.134 bits per heavy atom. The molecule has 0 fully saturated rings. The molecule has 0 radical (unpaired) electrons. The van der Waals surface area contributed by atoms with Crippen molar-refractivity contribution in [2.24, 2.45) is 0 Å². The fourth-order valence-electron chi connectivity index (χ4n) is 16.3. The molecule has 0 saturated carbocycles. The van der Waals surface area contributed by atoms with Gasteiger partial charge in [-0.3, -0.25) is 9.13 Å². The molecule has 0 spiro atoms. The van der Waals surface area contributed by atoms with Gasteiger partial charge < -0.3 is 9.13 Å². The van der Waals surface area contributed by atoms with Gasteiger partial charge >= 0.3 is 0 Å². The molecule has 6 aromatic heterocycles. The highest BCUT2D eigenvalue weighted by molar-refractivity contribution is 6.12. The lowest BCUT2D eigenvalue weighted by Crippen LogP contribution is -2.06. The third-order valence-corrected chi connectivity index (χ3v) is 21.6. The lowest BCUT2D eigenvalue weighted by Gasteiger charge is -2.12. The summed E-state index contributed by atoms with van der Waals surface area (Å²) in [4.78, 5) is 31.0.